The number of hydrogen-bond acceptors (Lipinski definition) is 20. The molecule has 0 aromatic carbocycles. The van der Waals surface area contributed by atoms with Crippen molar-refractivity contribution in [3.63, 3.8) is 0 Å². The van der Waals surface area contributed by atoms with Gasteiger partial charge in [-0.05, 0) is 68.1 Å². The summed E-state index contributed by atoms with van der Waals surface area (Å²) in [5.74, 6) is -0.853. The van der Waals surface area contributed by atoms with Crippen LogP contribution in [-0.4, -0.2) is 210 Å². The molecule has 4 aliphatic carbocycles. The van der Waals surface area contributed by atoms with Crippen molar-refractivity contribution in [3.05, 3.63) is 11.6 Å². The Labute approximate surface area is 377 Å². The van der Waals surface area contributed by atoms with Gasteiger partial charge in [0.2, 0.25) is 0 Å². The molecule has 20 heteroatoms. The van der Waals surface area contributed by atoms with E-state index in [9.17, 15) is 61.3 Å². The van der Waals surface area contributed by atoms with Gasteiger partial charge in [-0.2, -0.15) is 0 Å². The van der Waals surface area contributed by atoms with E-state index in [4.69, 9.17) is 37.9 Å². The summed E-state index contributed by atoms with van der Waals surface area (Å²) in [7, 11) is 0. The van der Waals surface area contributed by atoms with Crippen LogP contribution in [0.25, 0.3) is 0 Å². The Balaban J connectivity index is 0.935. The maximum absolute atomic E-state index is 12.3. The maximum Gasteiger partial charge on any atom is 0.200 e. The van der Waals surface area contributed by atoms with E-state index in [1.807, 2.05) is 6.92 Å². The summed E-state index contributed by atoms with van der Waals surface area (Å²) in [5.41, 5.74) is 0.289. The van der Waals surface area contributed by atoms with Gasteiger partial charge in [0.1, 0.15) is 73.2 Å². The van der Waals surface area contributed by atoms with E-state index in [0.29, 0.717) is 13.0 Å². The molecule has 29 unspecified atom stereocenters. The minimum absolute atomic E-state index is 0.110. The van der Waals surface area contributed by atoms with Crippen molar-refractivity contribution in [3.8, 4) is 0 Å². The predicted molar refractivity (Wildman–Crippen MR) is 218 cm³/mol. The Morgan fingerprint density at radius 2 is 1.32 bits per heavy atom. The molecule has 0 aromatic rings. The molecule has 0 radical (unpaired) electrons. The zero-order valence-corrected chi connectivity index (χ0v) is 37.6. The minimum Gasteiger partial charge on any atom is -0.394 e. The lowest BCUT2D eigenvalue weighted by Crippen LogP contribution is -2.67. The van der Waals surface area contributed by atoms with Gasteiger partial charge in [-0.3, -0.25) is 0 Å². The number of aliphatic hydroxyl groups is 12. The summed E-state index contributed by atoms with van der Waals surface area (Å²) in [5, 5.41) is 130. The smallest absolute Gasteiger partial charge is 0.200 e. The van der Waals surface area contributed by atoms with Crippen LogP contribution in [0, 0.1) is 46.3 Å². The molecule has 29 atom stereocenters. The molecular formula is C45H72O20. The van der Waals surface area contributed by atoms with Crippen LogP contribution in [0.15, 0.2) is 11.6 Å². The Morgan fingerprint density at radius 1 is 0.677 bits per heavy atom. The highest BCUT2D eigenvalue weighted by atomic mass is 16.8. The molecule has 9 aliphatic rings. The quantitative estimate of drug-likeness (QED) is 0.109. The summed E-state index contributed by atoms with van der Waals surface area (Å²) in [4.78, 5) is 0. The zero-order chi connectivity index (χ0) is 46.8. The van der Waals surface area contributed by atoms with Crippen LogP contribution in [0.4, 0.5) is 0 Å². The van der Waals surface area contributed by atoms with Crippen LogP contribution < -0.4 is 0 Å². The van der Waals surface area contributed by atoms with Crippen molar-refractivity contribution in [2.24, 2.45) is 46.3 Å². The lowest BCUT2D eigenvalue weighted by atomic mass is 9.46. The average molecular weight is 933 g/mol. The molecule has 65 heavy (non-hydrogen) atoms. The molecule has 5 saturated heterocycles. The summed E-state index contributed by atoms with van der Waals surface area (Å²) in [6.45, 7) is 8.63. The normalized spacial score (nSPS) is 59.0. The number of hydrogen-bond donors (Lipinski definition) is 12. The van der Waals surface area contributed by atoms with Gasteiger partial charge in [0.25, 0.3) is 0 Å². The Morgan fingerprint density at radius 3 is 2.02 bits per heavy atom. The first-order valence-corrected chi connectivity index (χ1v) is 23.7. The van der Waals surface area contributed by atoms with Crippen molar-refractivity contribution >= 4 is 0 Å². The van der Waals surface area contributed by atoms with Crippen LogP contribution in [-0.2, 0) is 37.9 Å². The lowest BCUT2D eigenvalue weighted by molar-refractivity contribution is -0.390. The third-order valence-electron chi connectivity index (χ3n) is 18.0. The highest BCUT2D eigenvalue weighted by Crippen LogP contribution is 2.71. The zero-order valence-electron chi connectivity index (χ0n) is 37.6. The van der Waals surface area contributed by atoms with Gasteiger partial charge < -0.3 is 99.2 Å². The van der Waals surface area contributed by atoms with E-state index in [1.165, 1.54) is 6.92 Å². The second kappa shape index (κ2) is 18.0. The molecule has 8 fully saturated rings. The lowest BCUT2D eigenvalue weighted by Gasteiger charge is -2.60. The van der Waals surface area contributed by atoms with E-state index in [1.54, 1.807) is 0 Å². The fourth-order valence-electron chi connectivity index (χ4n) is 14.2. The highest BCUT2D eigenvalue weighted by Gasteiger charge is 2.72. The number of rotatable bonds is 8. The van der Waals surface area contributed by atoms with Gasteiger partial charge in [-0.15, -0.1) is 0 Å². The highest BCUT2D eigenvalue weighted by molar-refractivity contribution is 5.29. The van der Waals surface area contributed by atoms with Gasteiger partial charge in [-0.1, -0.05) is 39.3 Å². The summed E-state index contributed by atoms with van der Waals surface area (Å²) < 4.78 is 49.1. The molecule has 12 N–H and O–H groups in total. The Bertz CT molecular complexity index is 1720. The van der Waals surface area contributed by atoms with Crippen molar-refractivity contribution in [2.75, 3.05) is 19.8 Å². The first-order valence-electron chi connectivity index (χ1n) is 23.7. The third kappa shape index (κ3) is 7.64. The molecule has 372 valence electrons. The summed E-state index contributed by atoms with van der Waals surface area (Å²) >= 11 is 0. The van der Waals surface area contributed by atoms with Gasteiger partial charge in [0.15, 0.2) is 24.7 Å². The number of fused-ring (bicyclic) bond motifs is 7. The SMILES string of the molecule is CC1COC2(OC3CC4C5CC=C6CC(OC7OC(CO)C(OC8OC(CO)C(O)C(O)C8O)C(O)C7OC7OC(C)C(O)C(O)C7O)CC(O)C6(C)C5CCC4(C)C3C2C)C(O)C1O. The molecule has 0 amide bonds. The maximum atomic E-state index is 12.3. The standard InChI is InChI=1S/C45H72O20/c1-16-15-58-45(39(57)29(16)49)17(2)28-24(65-45)12-23-21-7-6-19-10-20(11-27(48)44(19,5)22(21)8-9-43(23,28)4)60-42-38(64-40-34(54)32(52)30(50)18(3)59-40)36(56)37(26(14-47)62-42)63-41-35(55)33(53)31(51)25(13-46)61-41/h6,16-18,20-42,46-57H,7-15H2,1-5H3. The Hall–Kier alpha value is -1.06. The largest absolute Gasteiger partial charge is 0.394 e. The van der Waals surface area contributed by atoms with E-state index >= 15 is 0 Å². The van der Waals surface area contributed by atoms with Crippen LogP contribution in [0.1, 0.15) is 73.1 Å². The molecule has 3 saturated carbocycles. The Kier molecular flexibility index (Phi) is 13.5. The summed E-state index contributed by atoms with van der Waals surface area (Å²) in [6, 6.07) is 0. The molecule has 5 aliphatic heterocycles. The van der Waals surface area contributed by atoms with E-state index in [-0.39, 0.29) is 53.4 Å². The van der Waals surface area contributed by atoms with Crippen LogP contribution in [0.2, 0.25) is 0 Å². The van der Waals surface area contributed by atoms with Crippen molar-refractivity contribution in [1.82, 2.24) is 0 Å². The van der Waals surface area contributed by atoms with Gasteiger partial charge >= 0.3 is 0 Å². The van der Waals surface area contributed by atoms with Crippen LogP contribution in [0.5, 0.6) is 0 Å². The van der Waals surface area contributed by atoms with E-state index in [2.05, 4.69) is 26.8 Å². The molecule has 9 rings (SSSR count). The van der Waals surface area contributed by atoms with Crippen molar-refractivity contribution in [1.29, 1.82) is 0 Å². The number of aliphatic hydroxyl groups excluding tert-OH is 12. The van der Waals surface area contributed by atoms with Gasteiger partial charge in [0.05, 0.1) is 50.3 Å². The molecular weight excluding hydrogens is 860 g/mol. The van der Waals surface area contributed by atoms with Crippen molar-refractivity contribution < 1.29 is 99.2 Å². The molecule has 20 nitrogen and oxygen atoms in total. The molecule has 0 aromatic heterocycles. The van der Waals surface area contributed by atoms with Crippen molar-refractivity contribution in [2.45, 2.75) is 202 Å². The fourth-order valence-corrected chi connectivity index (χ4v) is 14.2. The van der Waals surface area contributed by atoms with Gasteiger partial charge in [0, 0.05) is 23.7 Å². The predicted octanol–water partition coefficient (Wildman–Crippen LogP) is -2.87. The fraction of sp³-hybridized carbons (Fsp3) is 0.956. The number of ether oxygens (including phenoxy) is 8. The topological polar surface area (TPSA) is 317 Å². The number of allylic oxidation sites excluding steroid dienone is 1. The van der Waals surface area contributed by atoms with Gasteiger partial charge in [-0.25, -0.2) is 0 Å². The molecule has 0 bridgehead atoms. The van der Waals surface area contributed by atoms with E-state index in [0.717, 1.165) is 31.3 Å². The first-order chi connectivity index (χ1) is 30.7. The summed E-state index contributed by atoms with van der Waals surface area (Å²) in [6.07, 6.45) is -21.8. The molecule has 5 heterocycles. The van der Waals surface area contributed by atoms with Crippen LogP contribution >= 0.6 is 0 Å². The van der Waals surface area contributed by atoms with Crippen LogP contribution in [0.3, 0.4) is 0 Å². The monoisotopic (exact) mass is 932 g/mol. The van der Waals surface area contributed by atoms with E-state index < -0.39 is 141 Å². The third-order valence-corrected chi connectivity index (χ3v) is 18.0. The second-order valence-electron chi connectivity index (χ2n) is 21.3. The minimum atomic E-state index is -1.87. The molecule has 1 spiro atoms. The average Bonchev–Trinajstić information content (AvgIpc) is 3.74. The first kappa shape index (κ1) is 48.9. The second-order valence-corrected chi connectivity index (χ2v) is 21.3.